The Morgan fingerprint density at radius 2 is 1.79 bits per heavy atom. The zero-order valence-corrected chi connectivity index (χ0v) is 19.3. The summed E-state index contributed by atoms with van der Waals surface area (Å²) in [5.74, 6) is -2.64. The number of aromatic amines is 1. The fourth-order valence-electron chi connectivity index (χ4n) is 3.88. The molecule has 2 saturated heterocycles. The Labute approximate surface area is 211 Å². The van der Waals surface area contributed by atoms with Gasteiger partial charge < -0.3 is 66.4 Å². The molecular formula is C19H26N8O11. The fourth-order valence-corrected chi connectivity index (χ4v) is 3.88. The Balaban J connectivity index is 0.000000178. The molecule has 2 fully saturated rings. The summed E-state index contributed by atoms with van der Waals surface area (Å²) >= 11 is 0. The summed E-state index contributed by atoms with van der Waals surface area (Å²) in [6, 6.07) is 1.09. The first-order valence-corrected chi connectivity index (χ1v) is 11.0. The highest BCUT2D eigenvalue weighted by atomic mass is 16.7. The first kappa shape index (κ1) is 27.5. The van der Waals surface area contributed by atoms with Gasteiger partial charge in [-0.15, -0.1) is 0 Å². The van der Waals surface area contributed by atoms with Gasteiger partial charge in [-0.2, -0.15) is 9.97 Å². The van der Waals surface area contributed by atoms with Crippen molar-refractivity contribution in [3.63, 3.8) is 0 Å². The van der Waals surface area contributed by atoms with E-state index in [-0.39, 0.29) is 17.6 Å². The van der Waals surface area contributed by atoms with Crippen molar-refractivity contribution in [3.8, 4) is 6.01 Å². The smallest absolute Gasteiger partial charge is 0.353 e. The molecule has 0 aliphatic carbocycles. The molecule has 5 rings (SSSR count). The molecule has 208 valence electrons. The quantitative estimate of drug-likeness (QED) is 0.143. The fraction of sp³-hybridized carbons (Fsp3) is 0.526. The minimum absolute atomic E-state index is 0.123. The van der Waals surface area contributed by atoms with Crippen molar-refractivity contribution in [2.45, 2.75) is 48.8 Å². The van der Waals surface area contributed by atoms with Crippen LogP contribution in [0.25, 0.3) is 11.2 Å². The van der Waals surface area contributed by atoms with Crippen LogP contribution in [0.5, 0.6) is 6.01 Å². The monoisotopic (exact) mass is 542 g/mol. The Kier molecular flexibility index (Phi) is 7.73. The lowest BCUT2D eigenvalue weighted by atomic mass is 10.1. The molecular weight excluding hydrogens is 516 g/mol. The summed E-state index contributed by atoms with van der Waals surface area (Å²) < 4.78 is 15.7. The van der Waals surface area contributed by atoms with Crippen LogP contribution in [-0.2, 0) is 15.4 Å². The van der Waals surface area contributed by atoms with Crippen LogP contribution in [0.15, 0.2) is 23.4 Å². The second-order valence-corrected chi connectivity index (χ2v) is 8.23. The number of aromatic nitrogens is 6. The molecule has 19 heteroatoms. The SMILES string of the molecule is Nc1ccnc(=O)n1[C@@]1(O)O[C@@H](CO)[C@H](O)[C@@H]1O.Nc1nc(O[C@@H]2[C@H](O)[C@@H](O)O[C@H]2CO)nc2nc[nH]c12. The van der Waals surface area contributed by atoms with E-state index in [0.29, 0.717) is 15.7 Å². The molecule has 12 N–H and O–H groups in total. The van der Waals surface area contributed by atoms with E-state index in [1.807, 2.05) is 0 Å². The van der Waals surface area contributed by atoms with E-state index < -0.39 is 67.7 Å². The molecule has 8 atom stereocenters. The van der Waals surface area contributed by atoms with E-state index in [2.05, 4.69) is 24.9 Å². The second kappa shape index (κ2) is 10.7. The molecule has 2 aliphatic rings. The molecule has 0 amide bonds. The largest absolute Gasteiger partial charge is 0.454 e. The Morgan fingerprint density at radius 1 is 1.08 bits per heavy atom. The standard InChI is InChI=1S/C10H13N5O5.C9H13N3O6/c11-7-4-8(13-2-12-4)15-10(14-7)20-6-3(1-16)19-9(18)5(6)17;10-5-1-2-11-8(16)12(5)9(17)7(15)6(14)4(3-13)18-9/h2-3,5-6,9,16-18H,1H2,(H3,11,12,13,14,15);1-2,4,6-7,13-15,17H,3,10H2/t3-,5-,6-,9-;4-,6-,7-,9-/m00/s1. The Morgan fingerprint density at radius 3 is 2.42 bits per heavy atom. The van der Waals surface area contributed by atoms with E-state index in [9.17, 15) is 30.3 Å². The van der Waals surface area contributed by atoms with Gasteiger partial charge in [0.05, 0.1) is 19.5 Å². The normalized spacial score (nSPS) is 32.8. The molecule has 0 spiro atoms. The first-order valence-electron chi connectivity index (χ1n) is 11.0. The van der Waals surface area contributed by atoms with Crippen molar-refractivity contribution >= 4 is 22.8 Å². The number of ether oxygens (including phenoxy) is 3. The van der Waals surface area contributed by atoms with Gasteiger partial charge in [0.2, 0.25) is 0 Å². The number of H-pyrrole nitrogens is 1. The number of hydrogen-bond donors (Lipinski definition) is 10. The van der Waals surface area contributed by atoms with Gasteiger partial charge in [0.25, 0.3) is 5.91 Å². The average Bonchev–Trinajstić information content (AvgIpc) is 3.53. The van der Waals surface area contributed by atoms with Gasteiger partial charge in [-0.05, 0) is 6.07 Å². The maximum absolute atomic E-state index is 11.6. The number of rotatable bonds is 5. The molecule has 38 heavy (non-hydrogen) atoms. The lowest BCUT2D eigenvalue weighted by Gasteiger charge is -2.28. The number of imidazole rings is 1. The van der Waals surface area contributed by atoms with E-state index in [1.54, 1.807) is 0 Å². The molecule has 3 aromatic heterocycles. The molecule has 0 saturated carbocycles. The van der Waals surface area contributed by atoms with Gasteiger partial charge in [0, 0.05) is 6.20 Å². The molecule has 0 radical (unpaired) electrons. The highest BCUT2D eigenvalue weighted by Gasteiger charge is 2.56. The van der Waals surface area contributed by atoms with Gasteiger partial charge in [-0.25, -0.2) is 19.3 Å². The number of nitrogens with one attached hydrogen (secondary N) is 1. The second-order valence-electron chi connectivity index (χ2n) is 8.23. The maximum atomic E-state index is 11.6. The van der Waals surface area contributed by atoms with E-state index in [1.165, 1.54) is 12.4 Å². The number of aliphatic hydroxyl groups excluding tert-OH is 6. The molecule has 3 aromatic rings. The zero-order valence-electron chi connectivity index (χ0n) is 19.3. The number of hydrogen-bond acceptors (Lipinski definition) is 17. The molecule has 0 bridgehead atoms. The van der Waals surface area contributed by atoms with Crippen LogP contribution in [0.2, 0.25) is 0 Å². The lowest BCUT2D eigenvalue weighted by molar-refractivity contribution is -0.289. The molecule has 0 unspecified atom stereocenters. The van der Waals surface area contributed by atoms with Gasteiger partial charge in [-0.3, -0.25) is 0 Å². The van der Waals surface area contributed by atoms with Crippen LogP contribution in [0.1, 0.15) is 0 Å². The third-order valence-corrected chi connectivity index (χ3v) is 5.82. The Bertz CT molecular complexity index is 1320. The van der Waals surface area contributed by atoms with Crippen molar-refractivity contribution in [1.82, 2.24) is 29.5 Å². The number of fused-ring (bicyclic) bond motifs is 1. The van der Waals surface area contributed by atoms with Crippen molar-refractivity contribution in [1.29, 1.82) is 0 Å². The van der Waals surface area contributed by atoms with Crippen molar-refractivity contribution < 1.29 is 50.0 Å². The van der Waals surface area contributed by atoms with E-state index in [4.69, 9.17) is 35.9 Å². The van der Waals surface area contributed by atoms with Crippen LogP contribution in [-0.4, -0.2) is 121 Å². The number of nitrogen functional groups attached to an aromatic ring is 2. The van der Waals surface area contributed by atoms with Crippen molar-refractivity contribution in [3.05, 3.63) is 29.1 Å². The number of nitrogens with two attached hydrogens (primary N) is 2. The molecule has 2 aliphatic heterocycles. The van der Waals surface area contributed by atoms with Crippen LogP contribution >= 0.6 is 0 Å². The third kappa shape index (κ3) is 4.84. The number of anilines is 2. The van der Waals surface area contributed by atoms with Crippen LogP contribution < -0.4 is 21.9 Å². The first-order chi connectivity index (χ1) is 18.0. The van der Waals surface area contributed by atoms with E-state index in [0.717, 1.165) is 6.20 Å². The maximum Gasteiger partial charge on any atom is 0.353 e. The summed E-state index contributed by atoms with van der Waals surface area (Å²) in [5, 5.41) is 66.7. The number of aliphatic hydroxyl groups is 7. The van der Waals surface area contributed by atoms with Gasteiger partial charge in [-0.1, -0.05) is 0 Å². The van der Waals surface area contributed by atoms with Crippen LogP contribution in [0.4, 0.5) is 11.6 Å². The summed E-state index contributed by atoms with van der Waals surface area (Å²) in [5.41, 5.74) is 11.0. The number of nitrogens with zero attached hydrogens (tertiary/aromatic N) is 5. The van der Waals surface area contributed by atoms with Crippen molar-refractivity contribution in [2.75, 3.05) is 24.7 Å². The van der Waals surface area contributed by atoms with E-state index >= 15 is 0 Å². The van der Waals surface area contributed by atoms with Crippen LogP contribution in [0, 0.1) is 0 Å². The molecule has 0 aromatic carbocycles. The lowest BCUT2D eigenvalue weighted by Crippen LogP contribution is -2.51. The molecule has 19 nitrogen and oxygen atoms in total. The average molecular weight is 542 g/mol. The van der Waals surface area contributed by atoms with Crippen molar-refractivity contribution in [2.24, 2.45) is 0 Å². The Hall–Kier alpha value is -3.53. The highest BCUT2D eigenvalue weighted by Crippen LogP contribution is 2.33. The summed E-state index contributed by atoms with van der Waals surface area (Å²) in [7, 11) is 0. The highest BCUT2D eigenvalue weighted by molar-refractivity contribution is 5.81. The minimum Gasteiger partial charge on any atom is -0.454 e. The minimum atomic E-state index is -2.57. The predicted molar refractivity (Wildman–Crippen MR) is 122 cm³/mol. The zero-order chi connectivity index (χ0) is 27.8. The summed E-state index contributed by atoms with van der Waals surface area (Å²) in [4.78, 5) is 29.5. The van der Waals surface area contributed by atoms with Gasteiger partial charge in [0.15, 0.2) is 30.0 Å². The molecule has 5 heterocycles. The van der Waals surface area contributed by atoms with Gasteiger partial charge >= 0.3 is 11.7 Å². The summed E-state index contributed by atoms with van der Waals surface area (Å²) in [6.07, 6.45) is -6.78. The summed E-state index contributed by atoms with van der Waals surface area (Å²) in [6.45, 7) is -1.08. The van der Waals surface area contributed by atoms with Gasteiger partial charge in [0.1, 0.15) is 35.8 Å². The third-order valence-electron chi connectivity index (χ3n) is 5.82. The predicted octanol–water partition coefficient (Wildman–Crippen LogP) is -5.71. The van der Waals surface area contributed by atoms with Crippen LogP contribution in [0.3, 0.4) is 0 Å². The topological polar surface area (TPSA) is 311 Å².